The maximum absolute atomic E-state index is 12.5. The molecule has 0 radical (unpaired) electrons. The van der Waals surface area contributed by atoms with Crippen molar-refractivity contribution in [3.05, 3.63) is 16.1 Å². The zero-order chi connectivity index (χ0) is 17.8. The zero-order valence-electron chi connectivity index (χ0n) is 12.9. The Kier molecular flexibility index (Phi) is 6.04. The van der Waals surface area contributed by atoms with Crippen molar-refractivity contribution in [3.63, 3.8) is 0 Å². The van der Waals surface area contributed by atoms with Crippen LogP contribution in [0, 0.1) is 0 Å². The minimum Gasteiger partial charge on any atom is -0.355 e. The lowest BCUT2D eigenvalue weighted by Crippen LogP contribution is -2.41. The van der Waals surface area contributed by atoms with Crippen molar-refractivity contribution in [1.82, 2.24) is 19.9 Å². The summed E-state index contributed by atoms with van der Waals surface area (Å²) in [6, 6.07) is 0. The van der Waals surface area contributed by atoms with Crippen LogP contribution < -0.4 is 10.6 Å². The normalized spacial score (nSPS) is 18.8. The first-order valence-electron chi connectivity index (χ1n) is 7.16. The van der Waals surface area contributed by atoms with E-state index in [4.69, 9.17) is 0 Å². The summed E-state index contributed by atoms with van der Waals surface area (Å²) in [5.41, 5.74) is -0.911. The Bertz CT molecular complexity index is 687. The van der Waals surface area contributed by atoms with E-state index >= 15 is 0 Å². The third-order valence-corrected chi connectivity index (χ3v) is 6.14. The second-order valence-electron chi connectivity index (χ2n) is 5.05. The van der Waals surface area contributed by atoms with Gasteiger partial charge in [-0.25, -0.2) is 17.7 Å². The highest BCUT2D eigenvalue weighted by Crippen LogP contribution is 2.29. The molecular weight excluding hydrogens is 367 g/mol. The van der Waals surface area contributed by atoms with Gasteiger partial charge in [0.25, 0.3) is 0 Å². The van der Waals surface area contributed by atoms with Crippen LogP contribution in [-0.2, 0) is 22.7 Å². The van der Waals surface area contributed by atoms with E-state index < -0.39 is 21.9 Å². The van der Waals surface area contributed by atoms with Gasteiger partial charge in [0.15, 0.2) is 11.7 Å². The van der Waals surface area contributed by atoms with Gasteiger partial charge < -0.3 is 10.6 Å². The first-order valence-corrected chi connectivity index (χ1v) is 9.65. The maximum atomic E-state index is 12.5. The van der Waals surface area contributed by atoms with Gasteiger partial charge >= 0.3 is 6.18 Å². The van der Waals surface area contributed by atoms with E-state index in [2.05, 4.69) is 20.6 Å². The smallest absolute Gasteiger partial charge is 0.355 e. The number of aliphatic imine (C=N–C) groups is 1. The number of aromatic nitrogens is 1. The Morgan fingerprint density at radius 3 is 2.75 bits per heavy atom. The molecule has 2 rings (SSSR count). The molecule has 0 saturated carbocycles. The third-order valence-electron chi connectivity index (χ3n) is 3.33. The number of nitrogens with one attached hydrogen (secondary N) is 2. The van der Waals surface area contributed by atoms with Crippen molar-refractivity contribution in [2.24, 2.45) is 4.99 Å². The first kappa shape index (κ1) is 18.9. The van der Waals surface area contributed by atoms with Gasteiger partial charge in [-0.1, -0.05) is 0 Å². The van der Waals surface area contributed by atoms with Gasteiger partial charge in [-0.3, -0.25) is 4.99 Å². The number of hydrogen-bond acceptors (Lipinski definition) is 5. The van der Waals surface area contributed by atoms with Crippen LogP contribution in [0.4, 0.5) is 13.2 Å². The lowest BCUT2D eigenvalue weighted by molar-refractivity contribution is -0.140. The van der Waals surface area contributed by atoms with Crippen LogP contribution in [0.2, 0.25) is 0 Å². The molecule has 7 nitrogen and oxygen atoms in total. The van der Waals surface area contributed by atoms with Gasteiger partial charge in [0, 0.05) is 32.1 Å². The van der Waals surface area contributed by atoms with Crippen molar-refractivity contribution < 1.29 is 21.6 Å². The standard InChI is InChI=1S/C12H18F3N5O2S2/c1-16-11(17-3-5-20-4-2-6-24(20,21)22)18-7-10-19-9(8-23-10)12(13,14)15/h8H,2-7H2,1H3,(H2,16,17,18). The Labute approximate surface area is 142 Å². The molecule has 12 heteroatoms. The van der Waals surface area contributed by atoms with E-state index in [1.54, 1.807) is 0 Å². The van der Waals surface area contributed by atoms with E-state index in [-0.39, 0.29) is 17.3 Å². The summed E-state index contributed by atoms with van der Waals surface area (Å²) >= 11 is 0.909. The van der Waals surface area contributed by atoms with Gasteiger partial charge in [-0.2, -0.15) is 13.2 Å². The number of hydrogen-bond donors (Lipinski definition) is 2. The van der Waals surface area contributed by atoms with Gasteiger partial charge in [-0.15, -0.1) is 11.3 Å². The molecule has 1 fully saturated rings. The molecule has 136 valence electrons. The molecular formula is C12H18F3N5O2S2. The monoisotopic (exact) mass is 385 g/mol. The topological polar surface area (TPSA) is 86.7 Å². The number of guanidine groups is 1. The molecule has 1 saturated heterocycles. The van der Waals surface area contributed by atoms with Crippen LogP contribution in [0.1, 0.15) is 17.1 Å². The minimum absolute atomic E-state index is 0.0996. The number of rotatable bonds is 5. The van der Waals surface area contributed by atoms with E-state index in [9.17, 15) is 21.6 Å². The zero-order valence-corrected chi connectivity index (χ0v) is 14.6. The Balaban J connectivity index is 1.78. The maximum Gasteiger partial charge on any atom is 0.434 e. The lowest BCUT2D eigenvalue weighted by Gasteiger charge is -2.16. The molecule has 2 heterocycles. The quantitative estimate of drug-likeness (QED) is 0.580. The molecule has 0 aliphatic carbocycles. The summed E-state index contributed by atoms with van der Waals surface area (Å²) in [6.45, 7) is 1.28. The molecule has 1 aromatic heterocycles. The second kappa shape index (κ2) is 7.66. The molecule has 0 amide bonds. The van der Waals surface area contributed by atoms with E-state index in [0.717, 1.165) is 16.7 Å². The van der Waals surface area contributed by atoms with Crippen molar-refractivity contribution in [2.45, 2.75) is 19.1 Å². The molecule has 0 aromatic carbocycles. The predicted octanol–water partition coefficient (Wildman–Crippen LogP) is 0.862. The van der Waals surface area contributed by atoms with Crippen molar-refractivity contribution in [2.75, 3.05) is 32.4 Å². The third kappa shape index (κ3) is 5.05. The first-order chi connectivity index (χ1) is 11.2. The van der Waals surface area contributed by atoms with Gasteiger partial charge in [-0.05, 0) is 6.42 Å². The fraction of sp³-hybridized carbons (Fsp3) is 0.667. The Morgan fingerprint density at radius 2 is 2.21 bits per heavy atom. The molecule has 0 unspecified atom stereocenters. The summed E-state index contributed by atoms with van der Waals surface area (Å²) in [5.74, 6) is 0.543. The number of sulfonamides is 1. The highest BCUT2D eigenvalue weighted by atomic mass is 32.2. The summed E-state index contributed by atoms with van der Waals surface area (Å²) in [5, 5.41) is 7.03. The predicted molar refractivity (Wildman–Crippen MR) is 85.3 cm³/mol. The average molecular weight is 385 g/mol. The SMILES string of the molecule is CN=C(NCCN1CCCS1(=O)=O)NCc1nc(C(F)(F)F)cs1. The summed E-state index contributed by atoms with van der Waals surface area (Å²) < 4.78 is 62.1. The molecule has 1 aliphatic rings. The van der Waals surface area contributed by atoms with Gasteiger partial charge in [0.2, 0.25) is 10.0 Å². The number of nitrogens with zero attached hydrogens (tertiary/aromatic N) is 3. The fourth-order valence-corrected chi connectivity index (χ4v) is 4.41. The van der Waals surface area contributed by atoms with Crippen LogP contribution in [0.5, 0.6) is 0 Å². The second-order valence-corrected chi connectivity index (χ2v) is 8.08. The Morgan fingerprint density at radius 1 is 1.46 bits per heavy atom. The lowest BCUT2D eigenvalue weighted by atomic mass is 10.5. The number of alkyl halides is 3. The number of thiazole rings is 1. The van der Waals surface area contributed by atoms with Crippen LogP contribution in [0.3, 0.4) is 0 Å². The molecule has 0 spiro atoms. The molecule has 1 aliphatic heterocycles. The minimum atomic E-state index is -4.45. The van der Waals surface area contributed by atoms with E-state index in [1.165, 1.54) is 11.4 Å². The molecule has 0 bridgehead atoms. The van der Waals surface area contributed by atoms with Crippen molar-refractivity contribution in [1.29, 1.82) is 0 Å². The Hall–Kier alpha value is -1.40. The molecule has 1 aromatic rings. The van der Waals surface area contributed by atoms with Crippen LogP contribution in [0.15, 0.2) is 10.4 Å². The van der Waals surface area contributed by atoms with Crippen molar-refractivity contribution >= 4 is 27.3 Å². The average Bonchev–Trinajstić information content (AvgIpc) is 3.09. The van der Waals surface area contributed by atoms with Crippen LogP contribution >= 0.6 is 11.3 Å². The number of halogens is 3. The highest BCUT2D eigenvalue weighted by molar-refractivity contribution is 7.89. The molecule has 0 atom stereocenters. The largest absolute Gasteiger partial charge is 0.434 e. The van der Waals surface area contributed by atoms with Crippen molar-refractivity contribution in [3.8, 4) is 0 Å². The highest BCUT2D eigenvalue weighted by Gasteiger charge is 2.33. The summed E-state index contributed by atoms with van der Waals surface area (Å²) in [6.07, 6.45) is -3.82. The molecule has 2 N–H and O–H groups in total. The van der Waals surface area contributed by atoms with Crippen LogP contribution in [0.25, 0.3) is 0 Å². The van der Waals surface area contributed by atoms with Gasteiger partial charge in [0.1, 0.15) is 5.01 Å². The van der Waals surface area contributed by atoms with E-state index in [0.29, 0.717) is 32.0 Å². The summed E-state index contributed by atoms with van der Waals surface area (Å²) in [7, 11) is -1.62. The summed E-state index contributed by atoms with van der Waals surface area (Å²) in [4.78, 5) is 7.45. The van der Waals surface area contributed by atoms with Gasteiger partial charge in [0.05, 0.1) is 12.3 Å². The van der Waals surface area contributed by atoms with E-state index in [1.807, 2.05) is 0 Å². The fourth-order valence-electron chi connectivity index (χ4n) is 2.14. The molecule has 24 heavy (non-hydrogen) atoms. The van der Waals surface area contributed by atoms with Crippen LogP contribution in [-0.4, -0.2) is 56.1 Å².